The van der Waals surface area contributed by atoms with E-state index in [-0.39, 0.29) is 24.4 Å². The van der Waals surface area contributed by atoms with Crippen LogP contribution in [0.5, 0.6) is 0 Å². The Labute approximate surface area is 182 Å². The number of carbonyl (C=O) groups excluding carboxylic acids is 1. The van der Waals surface area contributed by atoms with Crippen LogP contribution >= 0.6 is 0 Å². The van der Waals surface area contributed by atoms with Crippen molar-refractivity contribution in [3.8, 4) is 11.3 Å². The van der Waals surface area contributed by atoms with Crippen LogP contribution in [-0.4, -0.2) is 39.9 Å². The van der Waals surface area contributed by atoms with Gasteiger partial charge in [-0.3, -0.25) is 4.79 Å². The molecule has 0 unspecified atom stereocenters. The van der Waals surface area contributed by atoms with Crippen molar-refractivity contribution in [2.24, 2.45) is 5.92 Å². The van der Waals surface area contributed by atoms with Gasteiger partial charge in [-0.15, -0.1) is 10.2 Å². The summed E-state index contributed by atoms with van der Waals surface area (Å²) in [7, 11) is 0. The number of carbonyl (C=O) groups is 1. The van der Waals surface area contributed by atoms with Gasteiger partial charge in [0.1, 0.15) is 0 Å². The maximum absolute atomic E-state index is 12.7. The zero-order chi connectivity index (χ0) is 22.7. The molecule has 0 spiro atoms. The van der Waals surface area contributed by atoms with Gasteiger partial charge >= 0.3 is 6.18 Å². The minimum atomic E-state index is -4.15. The van der Waals surface area contributed by atoms with Crippen molar-refractivity contribution in [1.29, 1.82) is 0 Å². The van der Waals surface area contributed by atoms with Gasteiger partial charge in [0.25, 0.3) is 0 Å². The highest BCUT2D eigenvalue weighted by Gasteiger charge is 2.29. The standard InChI is InChI=1S/C22H24F3N5O2/c1-13-27-12-19(32-13)15-4-7-18-16(10-15)11-20(30-29-18)28-21(31)14-2-5-17(6-3-14)26-9-8-22(23,24)25/h4,7,10-12,14,17,26H,2-3,5-6,8-9H2,1H3,(H,28,30,31)/t14-,17-. The maximum Gasteiger partial charge on any atom is 0.390 e. The Morgan fingerprint density at radius 1 is 1.16 bits per heavy atom. The predicted molar refractivity (Wildman–Crippen MR) is 113 cm³/mol. The van der Waals surface area contributed by atoms with Gasteiger partial charge in [-0.05, 0) is 49.9 Å². The Morgan fingerprint density at radius 3 is 2.62 bits per heavy atom. The number of anilines is 1. The molecule has 0 radical (unpaired) electrons. The molecule has 10 heteroatoms. The summed E-state index contributed by atoms with van der Waals surface area (Å²) in [5.74, 6) is 1.24. The Morgan fingerprint density at radius 2 is 1.94 bits per heavy atom. The van der Waals surface area contributed by atoms with Crippen LogP contribution in [-0.2, 0) is 4.79 Å². The first-order valence-electron chi connectivity index (χ1n) is 10.6. The van der Waals surface area contributed by atoms with Crippen LogP contribution in [0.3, 0.4) is 0 Å². The molecule has 1 aliphatic carbocycles. The van der Waals surface area contributed by atoms with Crippen molar-refractivity contribution < 1.29 is 22.4 Å². The number of aromatic nitrogens is 3. The molecule has 1 aromatic carbocycles. The molecule has 0 atom stereocenters. The lowest BCUT2D eigenvalue weighted by Gasteiger charge is -2.28. The normalized spacial score (nSPS) is 19.2. The van der Waals surface area contributed by atoms with E-state index in [9.17, 15) is 18.0 Å². The number of alkyl halides is 3. The first-order valence-corrected chi connectivity index (χ1v) is 10.6. The topological polar surface area (TPSA) is 92.9 Å². The second kappa shape index (κ2) is 9.23. The fourth-order valence-electron chi connectivity index (χ4n) is 3.96. The van der Waals surface area contributed by atoms with Gasteiger partial charge in [-0.1, -0.05) is 0 Å². The number of oxazole rings is 1. The van der Waals surface area contributed by atoms with Crippen LogP contribution in [0.25, 0.3) is 22.2 Å². The monoisotopic (exact) mass is 447 g/mol. The van der Waals surface area contributed by atoms with Gasteiger partial charge in [0.05, 0.1) is 18.1 Å². The molecule has 4 rings (SSSR count). The molecule has 1 amide bonds. The first kappa shape index (κ1) is 22.2. The Hall–Kier alpha value is -3.01. The molecule has 1 saturated carbocycles. The Balaban J connectivity index is 1.34. The third kappa shape index (κ3) is 5.61. The molecule has 3 aromatic rings. The number of amides is 1. The molecule has 1 aliphatic rings. The molecule has 0 saturated heterocycles. The number of hydrogen-bond donors (Lipinski definition) is 2. The fraction of sp³-hybridized carbons (Fsp3) is 0.455. The molecule has 2 heterocycles. The van der Waals surface area contributed by atoms with E-state index in [2.05, 4.69) is 25.8 Å². The summed E-state index contributed by atoms with van der Waals surface area (Å²) in [6, 6.07) is 7.37. The Bertz CT molecular complexity index is 1090. The van der Waals surface area contributed by atoms with Gasteiger partial charge in [-0.25, -0.2) is 4.98 Å². The van der Waals surface area contributed by atoms with Crippen molar-refractivity contribution in [3.63, 3.8) is 0 Å². The summed E-state index contributed by atoms with van der Waals surface area (Å²) < 4.78 is 42.4. The first-order chi connectivity index (χ1) is 15.3. The number of rotatable bonds is 6. The fourth-order valence-corrected chi connectivity index (χ4v) is 3.96. The zero-order valence-electron chi connectivity index (χ0n) is 17.6. The molecular weight excluding hydrogens is 423 g/mol. The minimum Gasteiger partial charge on any atom is -0.441 e. The van der Waals surface area contributed by atoms with Crippen molar-refractivity contribution in [1.82, 2.24) is 20.5 Å². The number of halogens is 3. The third-order valence-electron chi connectivity index (χ3n) is 5.68. The van der Waals surface area contributed by atoms with Crippen molar-refractivity contribution >= 4 is 22.6 Å². The van der Waals surface area contributed by atoms with E-state index in [4.69, 9.17) is 4.42 Å². The van der Waals surface area contributed by atoms with Crippen molar-refractivity contribution in [2.45, 2.75) is 51.2 Å². The van der Waals surface area contributed by atoms with E-state index in [1.54, 1.807) is 19.2 Å². The van der Waals surface area contributed by atoms with Gasteiger partial charge in [0, 0.05) is 36.4 Å². The van der Waals surface area contributed by atoms with E-state index in [0.717, 1.165) is 10.9 Å². The predicted octanol–water partition coefficient (Wildman–Crippen LogP) is 4.63. The average molecular weight is 447 g/mol. The molecule has 7 nitrogen and oxygen atoms in total. The van der Waals surface area contributed by atoms with Crippen LogP contribution in [0.15, 0.2) is 34.9 Å². The molecule has 0 bridgehead atoms. The zero-order valence-corrected chi connectivity index (χ0v) is 17.6. The highest BCUT2D eigenvalue weighted by Crippen LogP contribution is 2.28. The Kier molecular flexibility index (Phi) is 6.40. The van der Waals surface area contributed by atoms with Crippen molar-refractivity contribution in [3.05, 3.63) is 36.4 Å². The van der Waals surface area contributed by atoms with Crippen LogP contribution in [0.4, 0.5) is 19.0 Å². The highest BCUT2D eigenvalue weighted by atomic mass is 19.4. The second-order valence-electron chi connectivity index (χ2n) is 8.10. The summed E-state index contributed by atoms with van der Waals surface area (Å²) >= 11 is 0. The third-order valence-corrected chi connectivity index (χ3v) is 5.68. The van der Waals surface area contributed by atoms with Crippen LogP contribution in [0, 0.1) is 12.8 Å². The lowest BCUT2D eigenvalue weighted by molar-refractivity contribution is -0.133. The number of nitrogens with one attached hydrogen (secondary N) is 2. The van der Waals surface area contributed by atoms with E-state index in [1.807, 2.05) is 18.2 Å². The van der Waals surface area contributed by atoms with Crippen LogP contribution in [0.2, 0.25) is 0 Å². The minimum absolute atomic E-state index is 0.0139. The number of nitrogens with zero attached hydrogens (tertiary/aromatic N) is 3. The van der Waals surface area contributed by atoms with E-state index >= 15 is 0 Å². The molecule has 170 valence electrons. The van der Waals surface area contributed by atoms with Gasteiger partial charge < -0.3 is 15.1 Å². The molecule has 1 fully saturated rings. The summed E-state index contributed by atoms with van der Waals surface area (Å²) in [6.45, 7) is 1.68. The smallest absolute Gasteiger partial charge is 0.390 e. The average Bonchev–Trinajstić information content (AvgIpc) is 3.19. The van der Waals surface area contributed by atoms with Gasteiger partial charge in [-0.2, -0.15) is 13.2 Å². The largest absolute Gasteiger partial charge is 0.441 e. The summed E-state index contributed by atoms with van der Waals surface area (Å²) in [6.07, 6.45) is -0.775. The van der Waals surface area contributed by atoms with Crippen molar-refractivity contribution in [2.75, 3.05) is 11.9 Å². The summed E-state index contributed by atoms with van der Waals surface area (Å²) in [5, 5.41) is 14.8. The van der Waals surface area contributed by atoms with Gasteiger partial charge in [0.15, 0.2) is 17.5 Å². The molecule has 0 aliphatic heterocycles. The molecular formula is C22H24F3N5O2. The number of hydrogen-bond acceptors (Lipinski definition) is 6. The lowest BCUT2D eigenvalue weighted by Crippen LogP contribution is -2.37. The summed E-state index contributed by atoms with van der Waals surface area (Å²) in [4.78, 5) is 16.8. The SMILES string of the molecule is Cc1ncc(-c2ccc3nnc(NC(=O)[C@H]4CC[C@H](NCCC(F)(F)F)CC4)cc3c2)o1. The van der Waals surface area contributed by atoms with Crippen LogP contribution in [0.1, 0.15) is 38.0 Å². The van der Waals surface area contributed by atoms with Crippen LogP contribution < -0.4 is 10.6 Å². The number of benzene rings is 1. The molecule has 32 heavy (non-hydrogen) atoms. The maximum atomic E-state index is 12.7. The molecule has 2 aromatic heterocycles. The van der Waals surface area contributed by atoms with E-state index in [0.29, 0.717) is 48.7 Å². The number of aryl methyl sites for hydroxylation is 1. The lowest BCUT2D eigenvalue weighted by atomic mass is 9.85. The number of fused-ring (bicyclic) bond motifs is 1. The second-order valence-corrected chi connectivity index (χ2v) is 8.10. The summed E-state index contributed by atoms with van der Waals surface area (Å²) in [5.41, 5.74) is 1.54. The molecule has 2 N–H and O–H groups in total. The highest BCUT2D eigenvalue weighted by molar-refractivity contribution is 5.94. The van der Waals surface area contributed by atoms with Gasteiger partial charge in [0.2, 0.25) is 5.91 Å². The van der Waals surface area contributed by atoms with E-state index < -0.39 is 12.6 Å². The quantitative estimate of drug-likeness (QED) is 0.572. The van der Waals surface area contributed by atoms with E-state index in [1.165, 1.54) is 0 Å².